The molecular weight excluding hydrogens is 348 g/mol. The largest absolute Gasteiger partial charge is 0.361 e. The van der Waals surface area contributed by atoms with Gasteiger partial charge in [-0.1, -0.05) is 12.1 Å². The minimum Gasteiger partial charge on any atom is -0.361 e. The van der Waals surface area contributed by atoms with Crippen molar-refractivity contribution in [1.82, 2.24) is 24.8 Å². The first-order chi connectivity index (χ1) is 13.8. The maximum absolute atomic E-state index is 4.77. The number of pyridine rings is 1. The highest BCUT2D eigenvalue weighted by Crippen LogP contribution is 2.32. The minimum absolute atomic E-state index is 0.314. The van der Waals surface area contributed by atoms with Crippen molar-refractivity contribution in [2.45, 2.75) is 25.4 Å². The van der Waals surface area contributed by atoms with Crippen LogP contribution in [0.3, 0.4) is 0 Å². The molecule has 0 saturated carbocycles. The number of aromatic amines is 1. The molecule has 6 heteroatoms. The van der Waals surface area contributed by atoms with Crippen molar-refractivity contribution in [2.75, 3.05) is 11.9 Å². The van der Waals surface area contributed by atoms with E-state index in [4.69, 9.17) is 4.98 Å². The Hall–Kier alpha value is -3.25. The van der Waals surface area contributed by atoms with Crippen molar-refractivity contribution in [3.05, 3.63) is 78.4 Å². The second kappa shape index (κ2) is 7.40. The Morgan fingerprint density at radius 1 is 1.07 bits per heavy atom. The van der Waals surface area contributed by atoms with E-state index in [0.717, 1.165) is 31.0 Å². The smallest absolute Gasteiger partial charge is 0.228 e. The highest BCUT2D eigenvalue weighted by atomic mass is 15.2. The summed E-state index contributed by atoms with van der Waals surface area (Å²) in [7, 11) is 0. The van der Waals surface area contributed by atoms with Crippen LogP contribution in [0.25, 0.3) is 10.9 Å². The molecule has 1 aliphatic heterocycles. The zero-order chi connectivity index (χ0) is 18.8. The lowest BCUT2D eigenvalue weighted by Crippen LogP contribution is -2.23. The van der Waals surface area contributed by atoms with Gasteiger partial charge in [-0.25, -0.2) is 15.0 Å². The summed E-state index contributed by atoms with van der Waals surface area (Å²) in [6.07, 6.45) is 7.88. The Bertz CT molecular complexity index is 1070. The first-order valence-corrected chi connectivity index (χ1v) is 9.66. The number of likely N-dealkylation sites (tertiary alicyclic amines) is 1. The van der Waals surface area contributed by atoms with E-state index in [9.17, 15) is 0 Å². The number of benzene rings is 1. The van der Waals surface area contributed by atoms with Crippen molar-refractivity contribution in [3.8, 4) is 0 Å². The monoisotopic (exact) mass is 370 g/mol. The number of aromatic nitrogens is 4. The fraction of sp³-hybridized carbons (Fsp3) is 0.227. The number of H-pyrrole nitrogens is 1. The van der Waals surface area contributed by atoms with Gasteiger partial charge in [0.1, 0.15) is 5.82 Å². The van der Waals surface area contributed by atoms with Crippen molar-refractivity contribution in [3.63, 3.8) is 0 Å². The number of rotatable bonds is 5. The van der Waals surface area contributed by atoms with Crippen LogP contribution in [-0.4, -0.2) is 31.4 Å². The molecule has 0 bridgehead atoms. The maximum Gasteiger partial charge on any atom is 0.228 e. The van der Waals surface area contributed by atoms with Gasteiger partial charge < -0.3 is 10.3 Å². The molecule has 0 amide bonds. The van der Waals surface area contributed by atoms with Crippen molar-refractivity contribution in [1.29, 1.82) is 0 Å². The molecule has 2 N–H and O–H groups in total. The van der Waals surface area contributed by atoms with E-state index in [1.807, 2.05) is 36.7 Å². The van der Waals surface area contributed by atoms with Gasteiger partial charge in [-0.3, -0.25) is 4.90 Å². The predicted octanol–water partition coefficient (Wildman–Crippen LogP) is 4.43. The molecule has 140 valence electrons. The second-order valence-electron chi connectivity index (χ2n) is 7.17. The molecule has 5 rings (SSSR count). The lowest BCUT2D eigenvalue weighted by Gasteiger charge is -2.24. The molecule has 28 heavy (non-hydrogen) atoms. The average molecular weight is 370 g/mol. The zero-order valence-corrected chi connectivity index (χ0v) is 15.5. The van der Waals surface area contributed by atoms with Gasteiger partial charge in [0.2, 0.25) is 5.95 Å². The molecule has 4 heterocycles. The fourth-order valence-electron chi connectivity index (χ4n) is 3.96. The topological polar surface area (TPSA) is 69.7 Å². The number of hydrogen-bond donors (Lipinski definition) is 2. The SMILES string of the molecule is c1ccc(Nc2nccc(C3CCCN3Cc3ccc4[nH]ccc4c3)n2)nc1. The minimum atomic E-state index is 0.314. The first kappa shape index (κ1) is 16.9. The normalized spacial score (nSPS) is 17.2. The molecule has 0 radical (unpaired) electrons. The molecule has 1 unspecified atom stereocenters. The van der Waals surface area contributed by atoms with Crippen LogP contribution in [0.5, 0.6) is 0 Å². The lowest BCUT2D eigenvalue weighted by atomic mass is 10.1. The maximum atomic E-state index is 4.77. The summed E-state index contributed by atoms with van der Waals surface area (Å²) in [5, 5.41) is 4.46. The van der Waals surface area contributed by atoms with Gasteiger partial charge in [0.15, 0.2) is 0 Å². The summed E-state index contributed by atoms with van der Waals surface area (Å²) in [4.78, 5) is 19.2. The molecule has 1 saturated heterocycles. The van der Waals surface area contributed by atoms with Crippen LogP contribution >= 0.6 is 0 Å². The van der Waals surface area contributed by atoms with Gasteiger partial charge >= 0.3 is 0 Å². The molecule has 1 aromatic carbocycles. The predicted molar refractivity (Wildman–Crippen MR) is 110 cm³/mol. The van der Waals surface area contributed by atoms with Crippen molar-refractivity contribution < 1.29 is 0 Å². The summed E-state index contributed by atoms with van der Waals surface area (Å²) in [5.41, 5.74) is 3.58. The van der Waals surface area contributed by atoms with Crippen LogP contribution in [-0.2, 0) is 6.54 Å². The molecule has 1 aliphatic rings. The first-order valence-electron chi connectivity index (χ1n) is 9.66. The highest BCUT2D eigenvalue weighted by molar-refractivity contribution is 5.79. The van der Waals surface area contributed by atoms with E-state index >= 15 is 0 Å². The highest BCUT2D eigenvalue weighted by Gasteiger charge is 2.27. The molecule has 0 spiro atoms. The van der Waals surface area contributed by atoms with Crippen LogP contribution in [0, 0.1) is 0 Å². The average Bonchev–Trinajstić information content (AvgIpc) is 3.38. The Morgan fingerprint density at radius 3 is 3.00 bits per heavy atom. The van der Waals surface area contributed by atoms with Gasteiger partial charge in [0.05, 0.1) is 11.7 Å². The van der Waals surface area contributed by atoms with Gasteiger partial charge in [0, 0.05) is 30.7 Å². The third kappa shape index (κ3) is 3.46. The molecule has 4 aromatic rings. The van der Waals surface area contributed by atoms with Crippen LogP contribution < -0.4 is 5.32 Å². The van der Waals surface area contributed by atoms with Gasteiger partial charge in [0.25, 0.3) is 0 Å². The van der Waals surface area contributed by atoms with E-state index in [0.29, 0.717) is 12.0 Å². The summed E-state index contributed by atoms with van der Waals surface area (Å²) < 4.78 is 0. The molecular formula is C22H22N6. The third-order valence-corrected chi connectivity index (χ3v) is 5.29. The number of nitrogens with zero attached hydrogens (tertiary/aromatic N) is 4. The number of nitrogens with one attached hydrogen (secondary N) is 2. The van der Waals surface area contributed by atoms with Crippen molar-refractivity contribution in [2.24, 2.45) is 0 Å². The van der Waals surface area contributed by atoms with E-state index in [-0.39, 0.29) is 0 Å². The van der Waals surface area contributed by atoms with Crippen LogP contribution in [0.2, 0.25) is 0 Å². The molecule has 6 nitrogen and oxygen atoms in total. The van der Waals surface area contributed by atoms with Crippen LogP contribution in [0.1, 0.15) is 30.1 Å². The van der Waals surface area contributed by atoms with Gasteiger partial charge in [-0.05, 0) is 66.7 Å². The van der Waals surface area contributed by atoms with E-state index in [2.05, 4.69) is 49.4 Å². The number of hydrogen-bond acceptors (Lipinski definition) is 5. The fourth-order valence-corrected chi connectivity index (χ4v) is 3.96. The van der Waals surface area contributed by atoms with Gasteiger partial charge in [-0.15, -0.1) is 0 Å². The van der Waals surface area contributed by atoms with E-state index < -0.39 is 0 Å². The molecule has 1 fully saturated rings. The standard InChI is InChI=1S/C22H22N6/c1-2-10-24-21(5-1)27-22-25-12-9-19(26-22)20-4-3-13-28(20)15-16-6-7-18-17(14-16)8-11-23-18/h1-2,5-12,14,20,23H,3-4,13,15H2,(H,24,25,26,27). The summed E-state index contributed by atoms with van der Waals surface area (Å²) in [5.74, 6) is 1.35. The molecule has 3 aromatic heterocycles. The molecule has 1 atom stereocenters. The Morgan fingerprint density at radius 2 is 2.07 bits per heavy atom. The summed E-state index contributed by atoms with van der Waals surface area (Å²) in [6, 6.07) is 16.9. The van der Waals surface area contributed by atoms with Crippen LogP contribution in [0.15, 0.2) is 67.1 Å². The number of fused-ring (bicyclic) bond motifs is 1. The van der Waals surface area contributed by atoms with E-state index in [1.54, 1.807) is 6.20 Å². The lowest BCUT2D eigenvalue weighted by molar-refractivity contribution is 0.244. The van der Waals surface area contributed by atoms with Crippen molar-refractivity contribution >= 4 is 22.7 Å². The molecule has 0 aliphatic carbocycles. The second-order valence-corrected chi connectivity index (χ2v) is 7.17. The Balaban J connectivity index is 1.35. The quantitative estimate of drug-likeness (QED) is 0.544. The summed E-state index contributed by atoms with van der Waals surface area (Å²) in [6.45, 7) is 2.02. The number of anilines is 2. The zero-order valence-electron chi connectivity index (χ0n) is 15.5. The third-order valence-electron chi connectivity index (χ3n) is 5.29. The van der Waals surface area contributed by atoms with Gasteiger partial charge in [-0.2, -0.15) is 0 Å². The Kier molecular flexibility index (Phi) is 4.47. The summed E-state index contributed by atoms with van der Waals surface area (Å²) >= 11 is 0. The van der Waals surface area contributed by atoms with Crippen LogP contribution in [0.4, 0.5) is 11.8 Å². The van der Waals surface area contributed by atoms with E-state index in [1.165, 1.54) is 22.9 Å². The Labute approximate surface area is 163 Å².